The van der Waals surface area contributed by atoms with Crippen molar-refractivity contribution in [2.24, 2.45) is 0 Å². The van der Waals surface area contributed by atoms with Crippen molar-refractivity contribution in [3.63, 3.8) is 0 Å². The Labute approximate surface area is 105 Å². The van der Waals surface area contributed by atoms with Crippen molar-refractivity contribution in [3.05, 3.63) is 35.9 Å². The van der Waals surface area contributed by atoms with E-state index in [2.05, 4.69) is 11.1 Å². The molecule has 0 saturated carbocycles. The minimum atomic E-state index is -0.734. The number of nitrogens with two attached hydrogens (primary N) is 1. The fourth-order valence-corrected chi connectivity index (χ4v) is 2.04. The zero-order valence-electron chi connectivity index (χ0n) is 10.1. The number of aromatic nitrogens is 1. The van der Waals surface area contributed by atoms with E-state index in [0.717, 1.165) is 23.7 Å². The maximum atomic E-state index is 10.4. The number of carbonyl (C=O) groups is 1. The van der Waals surface area contributed by atoms with Crippen LogP contribution in [-0.4, -0.2) is 16.1 Å². The number of aliphatic carboxylic acids is 1. The number of hydrogen-bond donors (Lipinski definition) is 2. The molecule has 18 heavy (non-hydrogen) atoms. The van der Waals surface area contributed by atoms with E-state index in [1.807, 2.05) is 18.2 Å². The fourth-order valence-electron chi connectivity index (χ4n) is 2.04. The minimum Gasteiger partial charge on any atom is -0.481 e. The van der Waals surface area contributed by atoms with Gasteiger partial charge in [0.1, 0.15) is 5.82 Å². The van der Waals surface area contributed by atoms with Crippen molar-refractivity contribution < 1.29 is 9.90 Å². The van der Waals surface area contributed by atoms with Crippen LogP contribution in [0, 0.1) is 0 Å². The molecule has 0 aliphatic carbocycles. The largest absolute Gasteiger partial charge is 0.481 e. The topological polar surface area (TPSA) is 76.2 Å². The van der Waals surface area contributed by atoms with Crippen LogP contribution in [0.2, 0.25) is 0 Å². The second kappa shape index (κ2) is 5.49. The first kappa shape index (κ1) is 12.4. The van der Waals surface area contributed by atoms with Crippen LogP contribution in [-0.2, 0) is 11.2 Å². The summed E-state index contributed by atoms with van der Waals surface area (Å²) < 4.78 is 0. The highest BCUT2D eigenvalue weighted by Gasteiger charge is 2.03. The molecule has 0 saturated heterocycles. The molecule has 0 amide bonds. The second-order valence-corrected chi connectivity index (χ2v) is 4.32. The lowest BCUT2D eigenvalue weighted by Gasteiger charge is -2.06. The zero-order chi connectivity index (χ0) is 13.0. The monoisotopic (exact) mass is 244 g/mol. The molecule has 0 spiro atoms. The van der Waals surface area contributed by atoms with Gasteiger partial charge >= 0.3 is 5.97 Å². The van der Waals surface area contributed by atoms with Gasteiger partial charge in [0.15, 0.2) is 0 Å². The molecule has 1 aromatic heterocycles. The molecule has 2 aromatic rings. The number of pyridine rings is 1. The fraction of sp³-hybridized carbons (Fsp3) is 0.286. The van der Waals surface area contributed by atoms with Gasteiger partial charge in [-0.15, -0.1) is 0 Å². The van der Waals surface area contributed by atoms with Gasteiger partial charge in [0, 0.05) is 11.8 Å². The van der Waals surface area contributed by atoms with Crippen LogP contribution in [0.3, 0.4) is 0 Å². The van der Waals surface area contributed by atoms with E-state index in [1.165, 1.54) is 5.56 Å². The van der Waals surface area contributed by atoms with E-state index in [9.17, 15) is 4.79 Å². The summed E-state index contributed by atoms with van der Waals surface area (Å²) in [5.74, 6) is -0.215. The molecule has 0 aliphatic heterocycles. The lowest BCUT2D eigenvalue weighted by atomic mass is 10.0. The van der Waals surface area contributed by atoms with Gasteiger partial charge in [-0.3, -0.25) is 4.79 Å². The van der Waals surface area contributed by atoms with Crippen molar-refractivity contribution in [1.82, 2.24) is 4.98 Å². The van der Waals surface area contributed by atoms with Crippen molar-refractivity contribution in [2.45, 2.75) is 25.7 Å². The van der Waals surface area contributed by atoms with E-state index >= 15 is 0 Å². The van der Waals surface area contributed by atoms with Crippen molar-refractivity contribution >= 4 is 22.7 Å². The third-order valence-electron chi connectivity index (χ3n) is 2.93. The van der Waals surface area contributed by atoms with E-state index in [1.54, 1.807) is 6.07 Å². The molecule has 0 radical (unpaired) electrons. The number of nitrogen functional groups attached to an aromatic ring is 1. The summed E-state index contributed by atoms with van der Waals surface area (Å²) in [6.07, 6.45) is 2.68. The van der Waals surface area contributed by atoms with Crippen molar-refractivity contribution in [3.8, 4) is 0 Å². The number of nitrogens with zero attached hydrogens (tertiary/aromatic N) is 1. The molecular formula is C14H16N2O2. The number of carboxylic acids is 1. The van der Waals surface area contributed by atoms with Gasteiger partial charge in [-0.1, -0.05) is 12.1 Å². The predicted molar refractivity (Wildman–Crippen MR) is 71.3 cm³/mol. The Balaban J connectivity index is 2.11. The van der Waals surface area contributed by atoms with Gasteiger partial charge in [-0.25, -0.2) is 4.98 Å². The molecule has 2 rings (SSSR count). The number of rotatable bonds is 5. The smallest absolute Gasteiger partial charge is 0.303 e. The summed E-state index contributed by atoms with van der Waals surface area (Å²) in [6, 6.07) is 9.72. The Kier molecular flexibility index (Phi) is 3.77. The van der Waals surface area contributed by atoms with Crippen molar-refractivity contribution in [1.29, 1.82) is 0 Å². The SMILES string of the molecule is Nc1ccc2c(CCCCC(=O)O)cccc2n1. The number of aryl methyl sites for hydroxylation is 1. The number of benzene rings is 1. The Morgan fingerprint density at radius 3 is 2.83 bits per heavy atom. The normalized spacial score (nSPS) is 10.7. The number of carboxylic acid groups (broad SMARTS) is 1. The Bertz CT molecular complexity index is 567. The molecular weight excluding hydrogens is 228 g/mol. The maximum Gasteiger partial charge on any atom is 0.303 e. The number of hydrogen-bond acceptors (Lipinski definition) is 3. The summed E-state index contributed by atoms with van der Waals surface area (Å²) >= 11 is 0. The van der Waals surface area contributed by atoms with Crippen LogP contribution in [0.4, 0.5) is 5.82 Å². The molecule has 94 valence electrons. The van der Waals surface area contributed by atoms with Gasteiger partial charge in [-0.2, -0.15) is 0 Å². The molecule has 0 aliphatic rings. The molecule has 1 heterocycles. The summed E-state index contributed by atoms with van der Waals surface area (Å²) in [5.41, 5.74) is 7.75. The van der Waals surface area contributed by atoms with Crippen LogP contribution in [0.25, 0.3) is 10.9 Å². The Hall–Kier alpha value is -2.10. The molecule has 4 heteroatoms. The van der Waals surface area contributed by atoms with E-state index < -0.39 is 5.97 Å². The number of unbranched alkanes of at least 4 members (excludes halogenated alkanes) is 1. The minimum absolute atomic E-state index is 0.232. The standard InChI is InChI=1S/C14H16N2O2/c15-13-9-8-11-10(4-1-2-7-14(17)18)5-3-6-12(11)16-13/h3,5-6,8-9H,1-2,4,7H2,(H2,15,16)(H,17,18). The van der Waals surface area contributed by atoms with Gasteiger partial charge in [-0.05, 0) is 43.0 Å². The number of fused-ring (bicyclic) bond motifs is 1. The Morgan fingerprint density at radius 1 is 1.22 bits per heavy atom. The first-order chi connectivity index (χ1) is 8.66. The predicted octanol–water partition coefficient (Wildman–Crippen LogP) is 2.61. The summed E-state index contributed by atoms with van der Waals surface area (Å²) in [5, 5.41) is 9.69. The van der Waals surface area contributed by atoms with Crippen LogP contribution in [0.5, 0.6) is 0 Å². The zero-order valence-corrected chi connectivity index (χ0v) is 10.1. The Morgan fingerprint density at radius 2 is 2.06 bits per heavy atom. The summed E-state index contributed by atoms with van der Waals surface area (Å²) in [6.45, 7) is 0. The molecule has 0 bridgehead atoms. The molecule has 1 aromatic carbocycles. The first-order valence-corrected chi connectivity index (χ1v) is 6.03. The van der Waals surface area contributed by atoms with Gasteiger partial charge in [0.2, 0.25) is 0 Å². The third kappa shape index (κ3) is 2.97. The molecule has 4 nitrogen and oxygen atoms in total. The highest BCUT2D eigenvalue weighted by atomic mass is 16.4. The lowest BCUT2D eigenvalue weighted by molar-refractivity contribution is -0.137. The summed E-state index contributed by atoms with van der Waals surface area (Å²) in [4.78, 5) is 14.7. The van der Waals surface area contributed by atoms with E-state index in [0.29, 0.717) is 12.2 Å². The highest BCUT2D eigenvalue weighted by Crippen LogP contribution is 2.20. The van der Waals surface area contributed by atoms with Crippen LogP contribution >= 0.6 is 0 Å². The highest BCUT2D eigenvalue weighted by molar-refractivity contribution is 5.83. The molecule has 0 fully saturated rings. The molecule has 0 unspecified atom stereocenters. The van der Waals surface area contributed by atoms with Crippen LogP contribution in [0.15, 0.2) is 30.3 Å². The van der Waals surface area contributed by atoms with Crippen LogP contribution in [0.1, 0.15) is 24.8 Å². The van der Waals surface area contributed by atoms with Gasteiger partial charge in [0.05, 0.1) is 5.52 Å². The summed E-state index contributed by atoms with van der Waals surface area (Å²) in [7, 11) is 0. The van der Waals surface area contributed by atoms with Gasteiger partial charge < -0.3 is 10.8 Å². The van der Waals surface area contributed by atoms with E-state index in [4.69, 9.17) is 10.8 Å². The van der Waals surface area contributed by atoms with Crippen molar-refractivity contribution in [2.75, 3.05) is 5.73 Å². The quantitative estimate of drug-likeness (QED) is 0.793. The average Bonchev–Trinajstić information content (AvgIpc) is 2.34. The van der Waals surface area contributed by atoms with Crippen LogP contribution < -0.4 is 5.73 Å². The average molecular weight is 244 g/mol. The second-order valence-electron chi connectivity index (χ2n) is 4.32. The third-order valence-corrected chi connectivity index (χ3v) is 2.93. The first-order valence-electron chi connectivity index (χ1n) is 6.03. The molecule has 3 N–H and O–H groups in total. The van der Waals surface area contributed by atoms with E-state index in [-0.39, 0.29) is 6.42 Å². The number of anilines is 1. The maximum absolute atomic E-state index is 10.4. The van der Waals surface area contributed by atoms with Gasteiger partial charge in [0.25, 0.3) is 0 Å². The lowest BCUT2D eigenvalue weighted by Crippen LogP contribution is -1.96. The molecule has 0 atom stereocenters.